The molecule has 12 heavy (non-hydrogen) atoms. The van der Waals surface area contributed by atoms with E-state index in [0.717, 1.165) is 37.1 Å². The van der Waals surface area contributed by atoms with Crippen molar-refractivity contribution in [2.45, 2.75) is 25.7 Å². The van der Waals surface area contributed by atoms with Crippen LogP contribution in [0, 0.1) is 5.41 Å². The second-order valence-electron chi connectivity index (χ2n) is 3.39. The van der Waals surface area contributed by atoms with E-state index in [4.69, 9.17) is 0 Å². The van der Waals surface area contributed by atoms with E-state index < -0.39 is 0 Å². The summed E-state index contributed by atoms with van der Waals surface area (Å²) in [5.74, 6) is 2.12. The van der Waals surface area contributed by atoms with Crippen molar-refractivity contribution in [2.75, 3.05) is 18.2 Å². The number of hydrogen-bond donors (Lipinski definition) is 0. The average molecular weight is 190 g/mol. The van der Waals surface area contributed by atoms with Crippen molar-refractivity contribution in [2.24, 2.45) is 5.41 Å². The summed E-state index contributed by atoms with van der Waals surface area (Å²) < 4.78 is 11.9. The van der Waals surface area contributed by atoms with Crippen molar-refractivity contribution in [1.82, 2.24) is 0 Å². The Morgan fingerprint density at radius 3 is 2.58 bits per heavy atom. The van der Waals surface area contributed by atoms with E-state index >= 15 is 0 Å². The van der Waals surface area contributed by atoms with Gasteiger partial charge in [0, 0.05) is 5.41 Å². The van der Waals surface area contributed by atoms with E-state index in [1.54, 1.807) is 0 Å². The molecule has 0 aromatic heterocycles. The van der Waals surface area contributed by atoms with E-state index in [1.165, 1.54) is 0 Å². The third kappa shape index (κ3) is 2.47. The Morgan fingerprint density at radius 1 is 1.42 bits per heavy atom. The first-order valence-electron chi connectivity index (χ1n) is 4.43. The van der Waals surface area contributed by atoms with Crippen LogP contribution in [-0.4, -0.2) is 24.5 Å². The summed E-state index contributed by atoms with van der Waals surface area (Å²) in [5.41, 5.74) is -0.169. The Morgan fingerprint density at radius 2 is 2.08 bits per heavy atom. The summed E-state index contributed by atoms with van der Waals surface area (Å²) in [6.45, 7) is -0.289. The number of hydrogen-bond acceptors (Lipinski definition) is 2. The van der Waals surface area contributed by atoms with Gasteiger partial charge in [-0.2, -0.15) is 11.8 Å². The van der Waals surface area contributed by atoms with Crippen LogP contribution in [0.3, 0.4) is 0 Å². The summed E-state index contributed by atoms with van der Waals surface area (Å²) >= 11 is 1.89. The van der Waals surface area contributed by atoms with Crippen LogP contribution in [0.2, 0.25) is 0 Å². The fourth-order valence-electron chi connectivity index (χ4n) is 1.62. The van der Waals surface area contributed by atoms with Gasteiger partial charge < -0.3 is 4.79 Å². The zero-order valence-electron chi connectivity index (χ0n) is 7.22. The maximum absolute atomic E-state index is 11.9. The van der Waals surface area contributed by atoms with E-state index in [1.807, 2.05) is 11.8 Å². The van der Waals surface area contributed by atoms with Crippen LogP contribution in [-0.2, 0) is 4.79 Å². The van der Waals surface area contributed by atoms with Crippen molar-refractivity contribution < 1.29 is 9.18 Å². The minimum atomic E-state index is -0.289. The second kappa shape index (κ2) is 4.85. The smallest absolute Gasteiger partial charge is 0.126 e. The molecule has 0 aromatic rings. The van der Waals surface area contributed by atoms with Gasteiger partial charge in [0.2, 0.25) is 0 Å². The molecule has 1 rings (SSSR count). The number of carbonyl (C=O) groups excluding carboxylic acids is 1. The van der Waals surface area contributed by atoms with E-state index in [-0.39, 0.29) is 12.1 Å². The molecule has 0 atom stereocenters. The highest BCUT2D eigenvalue weighted by molar-refractivity contribution is 7.99. The molecular weight excluding hydrogens is 175 g/mol. The topological polar surface area (TPSA) is 17.1 Å². The van der Waals surface area contributed by atoms with Crippen molar-refractivity contribution in [3.8, 4) is 0 Å². The molecule has 0 aromatic carbocycles. The predicted octanol–water partition coefficient (Wildman–Crippen LogP) is 2.45. The fourth-order valence-corrected chi connectivity index (χ4v) is 2.93. The SMILES string of the molecule is O=CC1(CCCF)CCSCC1. The van der Waals surface area contributed by atoms with Crippen molar-refractivity contribution in [3.63, 3.8) is 0 Å². The van der Waals surface area contributed by atoms with Crippen LogP contribution in [0.5, 0.6) is 0 Å². The van der Waals surface area contributed by atoms with Gasteiger partial charge in [0.05, 0.1) is 6.67 Å². The molecule has 1 nitrogen and oxygen atoms in total. The molecule has 0 spiro atoms. The number of rotatable bonds is 4. The lowest BCUT2D eigenvalue weighted by molar-refractivity contribution is -0.117. The molecule has 3 heteroatoms. The number of aldehydes is 1. The third-order valence-corrected chi connectivity index (χ3v) is 3.53. The average Bonchev–Trinajstić information content (AvgIpc) is 2.16. The predicted molar refractivity (Wildman–Crippen MR) is 50.3 cm³/mol. The normalized spacial score (nSPS) is 22.1. The first kappa shape index (κ1) is 10.0. The van der Waals surface area contributed by atoms with Gasteiger partial charge in [0.25, 0.3) is 0 Å². The van der Waals surface area contributed by atoms with Gasteiger partial charge in [-0.3, -0.25) is 4.39 Å². The van der Waals surface area contributed by atoms with Crippen LogP contribution >= 0.6 is 11.8 Å². The molecule has 1 aliphatic rings. The molecule has 0 amide bonds. The zero-order chi connectivity index (χ0) is 8.86. The number of alkyl halides is 1. The molecule has 0 saturated carbocycles. The van der Waals surface area contributed by atoms with Crippen LogP contribution in [0.1, 0.15) is 25.7 Å². The highest BCUT2D eigenvalue weighted by Gasteiger charge is 2.31. The maximum Gasteiger partial charge on any atom is 0.126 e. The van der Waals surface area contributed by atoms with Crippen LogP contribution in [0.25, 0.3) is 0 Å². The molecular formula is C9H15FOS. The summed E-state index contributed by atoms with van der Waals surface area (Å²) in [7, 11) is 0. The second-order valence-corrected chi connectivity index (χ2v) is 4.61. The molecule has 70 valence electrons. The van der Waals surface area contributed by atoms with Gasteiger partial charge >= 0.3 is 0 Å². The van der Waals surface area contributed by atoms with Gasteiger partial charge in [-0.1, -0.05) is 0 Å². The summed E-state index contributed by atoms with van der Waals surface area (Å²) in [6, 6.07) is 0. The fraction of sp³-hybridized carbons (Fsp3) is 0.889. The zero-order valence-corrected chi connectivity index (χ0v) is 8.04. The van der Waals surface area contributed by atoms with E-state index in [0.29, 0.717) is 6.42 Å². The minimum absolute atomic E-state index is 0.169. The minimum Gasteiger partial charge on any atom is -0.303 e. The summed E-state index contributed by atoms with van der Waals surface area (Å²) in [4.78, 5) is 10.9. The van der Waals surface area contributed by atoms with Gasteiger partial charge in [-0.25, -0.2) is 0 Å². The molecule has 0 unspecified atom stereocenters. The lowest BCUT2D eigenvalue weighted by Gasteiger charge is -2.31. The van der Waals surface area contributed by atoms with Crippen molar-refractivity contribution in [1.29, 1.82) is 0 Å². The largest absolute Gasteiger partial charge is 0.303 e. The van der Waals surface area contributed by atoms with Gasteiger partial charge in [-0.05, 0) is 37.2 Å². The highest BCUT2D eigenvalue weighted by Crippen LogP contribution is 2.36. The summed E-state index contributed by atoms with van der Waals surface area (Å²) in [6.07, 6.45) is 4.24. The first-order valence-corrected chi connectivity index (χ1v) is 5.58. The summed E-state index contributed by atoms with van der Waals surface area (Å²) in [5, 5.41) is 0. The highest BCUT2D eigenvalue weighted by atomic mass is 32.2. The Kier molecular flexibility index (Phi) is 4.06. The maximum atomic E-state index is 11.9. The molecule has 1 aliphatic heterocycles. The van der Waals surface area contributed by atoms with E-state index in [2.05, 4.69) is 0 Å². The lowest BCUT2D eigenvalue weighted by Crippen LogP contribution is -2.28. The van der Waals surface area contributed by atoms with Crippen LogP contribution < -0.4 is 0 Å². The Balaban J connectivity index is 2.42. The van der Waals surface area contributed by atoms with Gasteiger partial charge in [0.1, 0.15) is 6.29 Å². The molecule has 1 saturated heterocycles. The number of halogens is 1. The molecule has 1 heterocycles. The van der Waals surface area contributed by atoms with Gasteiger partial charge in [-0.15, -0.1) is 0 Å². The first-order chi connectivity index (χ1) is 5.83. The molecule has 0 N–H and O–H groups in total. The van der Waals surface area contributed by atoms with Gasteiger partial charge in [0.15, 0.2) is 0 Å². The standard InChI is InChI=1S/C9H15FOS/c10-5-1-2-9(8-11)3-6-12-7-4-9/h8H,1-7H2. The van der Waals surface area contributed by atoms with Crippen molar-refractivity contribution >= 4 is 18.0 Å². The monoisotopic (exact) mass is 190 g/mol. The van der Waals surface area contributed by atoms with E-state index in [9.17, 15) is 9.18 Å². The van der Waals surface area contributed by atoms with Crippen LogP contribution in [0.15, 0.2) is 0 Å². The third-order valence-electron chi connectivity index (χ3n) is 2.55. The molecule has 0 aliphatic carbocycles. The molecule has 1 fully saturated rings. The number of thioether (sulfide) groups is 1. The Hall–Kier alpha value is -0.0500. The molecule has 0 bridgehead atoms. The Bertz CT molecular complexity index is 143. The van der Waals surface area contributed by atoms with Crippen molar-refractivity contribution in [3.05, 3.63) is 0 Å². The van der Waals surface area contributed by atoms with Crippen LogP contribution in [0.4, 0.5) is 4.39 Å². The lowest BCUT2D eigenvalue weighted by atomic mass is 9.79. The quantitative estimate of drug-likeness (QED) is 0.633. The number of carbonyl (C=O) groups is 1. The Labute approximate surface area is 77.1 Å². The molecule has 0 radical (unpaired) electrons.